The lowest BCUT2D eigenvalue weighted by atomic mass is 10.1. The number of hydrogen-bond donors (Lipinski definition) is 10. The smallest absolute Gasteiger partial charge is 0.359 e. The highest BCUT2D eigenvalue weighted by atomic mass is 16.5. The van der Waals surface area contributed by atoms with Crippen LogP contribution in [0.2, 0.25) is 0 Å². The van der Waals surface area contributed by atoms with Crippen molar-refractivity contribution < 1.29 is 95.7 Å². The normalized spacial score (nSPS) is 11.9. The second-order valence-corrected chi connectivity index (χ2v) is 32.2. The second kappa shape index (κ2) is 35.8. The number of rotatable bonds is 36. The SMILES string of the molecule is C[N+](C)(CCCNC(=O)c1ccc(Oc2ccc3c(c2)-c2nc-3nc3[nH]c(nc4nc(nc5[nH]c(n2)c2ccc(Oc6ccc(C(=O)NCCC[N+](C)(C)CC(=O)O)cc6)cc52)-c2ccc(Oc5ccc(C(=O)NCCC[N+](C)(C)CC(=O)O)cc5)cc2-4)c2ccc(Oc4ccc(C(=O)NCCC[N+](C)(C)CC(=O)O)cc4)cc32)cc1)CC(=O)O. The van der Waals surface area contributed by atoms with Crippen molar-refractivity contribution >= 4 is 91.6 Å². The van der Waals surface area contributed by atoms with Gasteiger partial charge in [-0.15, -0.1) is 0 Å². The molecule has 5 heterocycles. The van der Waals surface area contributed by atoms with Crippen molar-refractivity contribution in [3.8, 4) is 91.5 Å². The van der Waals surface area contributed by atoms with Crippen LogP contribution in [0.5, 0.6) is 46.0 Å². The van der Waals surface area contributed by atoms with Crippen molar-refractivity contribution in [3.63, 3.8) is 0 Å². The van der Waals surface area contributed by atoms with E-state index in [-0.39, 0.29) is 91.0 Å². The van der Waals surface area contributed by atoms with Crippen molar-refractivity contribution in [3.05, 3.63) is 192 Å². The Morgan fingerprint density at radius 1 is 0.283 bits per heavy atom. The average molecular weight is 1630 g/mol. The molecule has 0 atom stereocenters. The van der Waals surface area contributed by atoms with E-state index in [1.807, 2.05) is 92.8 Å². The molecule has 0 spiro atoms. The molecule has 618 valence electrons. The molecule has 8 bridgehead atoms. The van der Waals surface area contributed by atoms with Crippen LogP contribution in [-0.2, 0) is 19.2 Å². The molecule has 0 aliphatic carbocycles. The molecule has 13 rings (SSSR count). The third-order valence-corrected chi connectivity index (χ3v) is 20.3. The van der Waals surface area contributed by atoms with Gasteiger partial charge < -0.3 is 88.5 Å². The number of carbonyl (C=O) groups excluding carboxylic acids is 4. The Hall–Kier alpha value is -14.1. The molecule has 8 aromatic carbocycles. The molecule has 120 heavy (non-hydrogen) atoms. The zero-order valence-electron chi connectivity index (χ0n) is 67.6. The standard InChI is InChI=1S/C88H90N16O16/c1-101(2,49-73(105)106)41-9-37-89-85(113)53-13-21-57(22-14-53)117-61-29-33-65-69(45-61)81-93-77(65)98-82-71-47-63(119-59-25-17-55(18-26-59)87(115)91-39-11-43-103(5,6)51-75(109)110)31-35-67(71)79(95-82)100-84-72-48-64(120-60-27-19-56(20-28-60)88(116)92-40-12-44-104(7,8)52-76(111)112)32-36-68(72)80(96-84)99-83-70-46-62(30-34-66(70)78(94-83)97-81)118-58-23-15-54(16-24-58)86(114)90-38-10-42-102(3,4)50-74(107)108/h13-36,45-48H,9-12,37-44,49-52H2,1-8H3,(H6-4,89,90,91,92,93,94,95,96,97,98,99,100,105,106,107,108,109,110,111,112,113,114,115,116)/p+4. The van der Waals surface area contributed by atoms with Gasteiger partial charge in [-0.25, -0.2) is 49.1 Å². The van der Waals surface area contributed by atoms with E-state index >= 15 is 0 Å². The molecule has 32 nitrogen and oxygen atoms in total. The molecule has 10 N–H and O–H groups in total. The number of aliphatic carboxylic acids is 4. The second-order valence-electron chi connectivity index (χ2n) is 32.2. The predicted molar refractivity (Wildman–Crippen MR) is 448 cm³/mol. The lowest BCUT2D eigenvalue weighted by Gasteiger charge is -2.27. The fraction of sp³-hybridized carbons (Fsp3) is 0.273. The highest BCUT2D eigenvalue weighted by molar-refractivity contribution is 6.07. The lowest BCUT2D eigenvalue weighted by molar-refractivity contribution is -0.883. The molecule has 0 saturated carbocycles. The predicted octanol–water partition coefficient (Wildman–Crippen LogP) is 11.2. The van der Waals surface area contributed by atoms with Crippen LogP contribution < -0.4 is 40.2 Å². The number of amides is 4. The molecule has 11 aromatic rings. The van der Waals surface area contributed by atoms with Crippen LogP contribution in [0.4, 0.5) is 0 Å². The van der Waals surface area contributed by atoms with E-state index in [9.17, 15) is 58.8 Å². The number of carboxylic acids is 4. The summed E-state index contributed by atoms with van der Waals surface area (Å²) >= 11 is 0. The Balaban J connectivity index is 0.877. The van der Waals surface area contributed by atoms with E-state index in [2.05, 4.69) is 31.2 Å². The molecule has 0 unspecified atom stereocenters. The first-order valence-corrected chi connectivity index (χ1v) is 39.0. The zero-order chi connectivity index (χ0) is 85.2. The third kappa shape index (κ3) is 21.6. The largest absolute Gasteiger partial charge is 0.477 e. The molecule has 0 radical (unpaired) electrons. The summed E-state index contributed by atoms with van der Waals surface area (Å²) in [4.78, 5) is 137. The first kappa shape index (κ1) is 83.9. The number of aromatic amines is 2. The quantitative estimate of drug-likeness (QED) is 0.0129. The molecule has 2 aliphatic rings. The van der Waals surface area contributed by atoms with E-state index in [0.29, 0.717) is 213 Å². The number of ether oxygens (including phenoxy) is 4. The summed E-state index contributed by atoms with van der Waals surface area (Å²) in [5.74, 6) is -0.552. The summed E-state index contributed by atoms with van der Waals surface area (Å²) < 4.78 is 27.1. The summed E-state index contributed by atoms with van der Waals surface area (Å²) in [7, 11) is 14.6. The molecular formula is C88H94N16O16+4. The van der Waals surface area contributed by atoms with Gasteiger partial charge in [0.1, 0.15) is 68.6 Å². The first-order chi connectivity index (χ1) is 57.2. The summed E-state index contributed by atoms with van der Waals surface area (Å²) in [6, 6.07) is 48.4. The minimum Gasteiger partial charge on any atom is -0.477 e. The molecular weight excluding hydrogens is 1540 g/mol. The van der Waals surface area contributed by atoms with Crippen LogP contribution in [0, 0.1) is 0 Å². The van der Waals surface area contributed by atoms with Gasteiger partial charge in [0, 0.05) is 118 Å². The van der Waals surface area contributed by atoms with E-state index in [4.69, 9.17) is 48.9 Å². The van der Waals surface area contributed by atoms with Crippen molar-refractivity contribution in [2.45, 2.75) is 25.7 Å². The number of carboxylic acid groups (broad SMARTS) is 4. The van der Waals surface area contributed by atoms with Crippen LogP contribution in [-0.4, -0.2) is 261 Å². The maximum atomic E-state index is 13.3. The first-order valence-electron chi connectivity index (χ1n) is 39.0. The van der Waals surface area contributed by atoms with Crippen LogP contribution in [0.15, 0.2) is 170 Å². The van der Waals surface area contributed by atoms with Gasteiger partial charge in [-0.05, 0) is 170 Å². The van der Waals surface area contributed by atoms with E-state index in [0.717, 1.165) is 0 Å². The van der Waals surface area contributed by atoms with Crippen LogP contribution in [0.25, 0.3) is 89.7 Å². The van der Waals surface area contributed by atoms with Crippen molar-refractivity contribution in [2.75, 3.05) is 135 Å². The molecule has 0 fully saturated rings. The van der Waals surface area contributed by atoms with Gasteiger partial charge in [-0.2, -0.15) is 0 Å². The van der Waals surface area contributed by atoms with Crippen molar-refractivity contribution in [1.82, 2.24) is 61.1 Å². The number of nitrogens with zero attached hydrogens (tertiary/aromatic N) is 10. The summed E-state index contributed by atoms with van der Waals surface area (Å²) in [5.41, 5.74) is 5.10. The highest BCUT2D eigenvalue weighted by Gasteiger charge is 2.28. The number of likely N-dealkylation sites (N-methyl/N-ethyl adjacent to an activating group) is 4. The number of H-pyrrole nitrogens is 2. The summed E-state index contributed by atoms with van der Waals surface area (Å²) in [6.07, 6.45) is 2.27. The zero-order valence-corrected chi connectivity index (χ0v) is 67.6. The van der Waals surface area contributed by atoms with Gasteiger partial charge in [0.05, 0.1) is 82.6 Å². The molecule has 0 saturated heterocycles. The minimum atomic E-state index is -0.901. The molecule has 32 heteroatoms. The molecule has 2 aliphatic heterocycles. The number of benzene rings is 8. The molecule has 4 amide bonds. The van der Waals surface area contributed by atoms with E-state index in [1.165, 1.54) is 0 Å². The Kier molecular flexibility index (Phi) is 25.0. The van der Waals surface area contributed by atoms with Crippen LogP contribution >= 0.6 is 0 Å². The Labute approximate surface area is 689 Å². The number of hydrogen-bond acceptors (Lipinski definition) is 18. The van der Waals surface area contributed by atoms with Crippen LogP contribution in [0.3, 0.4) is 0 Å². The van der Waals surface area contributed by atoms with Gasteiger partial charge in [0.15, 0.2) is 49.5 Å². The fourth-order valence-electron chi connectivity index (χ4n) is 14.2. The van der Waals surface area contributed by atoms with Gasteiger partial charge in [0.25, 0.3) is 23.6 Å². The fourth-order valence-corrected chi connectivity index (χ4v) is 14.2. The number of aromatic nitrogens is 8. The topological polar surface area (TPSA) is 411 Å². The lowest BCUT2D eigenvalue weighted by Crippen LogP contribution is -2.45. The number of carbonyl (C=O) groups is 8. The van der Waals surface area contributed by atoms with Gasteiger partial charge in [-0.1, -0.05) is 0 Å². The van der Waals surface area contributed by atoms with Gasteiger partial charge >= 0.3 is 23.9 Å². The Morgan fingerprint density at radius 3 is 0.767 bits per heavy atom. The maximum Gasteiger partial charge on any atom is 0.359 e. The highest BCUT2D eigenvalue weighted by Crippen LogP contribution is 2.42. The number of fused-ring (bicyclic) bond motifs is 20. The van der Waals surface area contributed by atoms with Crippen molar-refractivity contribution in [1.29, 1.82) is 0 Å². The van der Waals surface area contributed by atoms with Crippen LogP contribution in [0.1, 0.15) is 67.1 Å². The van der Waals surface area contributed by atoms with E-state index < -0.39 is 23.9 Å². The maximum absolute atomic E-state index is 13.3. The van der Waals surface area contributed by atoms with Gasteiger partial charge in [-0.3, -0.25) is 19.2 Å². The third-order valence-electron chi connectivity index (χ3n) is 20.3. The molecule has 3 aromatic heterocycles. The minimum absolute atomic E-state index is 0.0432. The Bertz CT molecular complexity index is 5590. The van der Waals surface area contributed by atoms with E-state index in [1.54, 1.807) is 133 Å². The number of nitrogens with one attached hydrogen (secondary N) is 6. The van der Waals surface area contributed by atoms with Gasteiger partial charge in [0.2, 0.25) is 0 Å². The number of quaternary nitrogens is 4. The van der Waals surface area contributed by atoms with Crippen molar-refractivity contribution in [2.24, 2.45) is 0 Å². The monoisotopic (exact) mass is 1630 g/mol. The average Bonchev–Trinajstić information content (AvgIpc) is 1.60. The summed E-state index contributed by atoms with van der Waals surface area (Å²) in [6.45, 7) is 3.40. The Morgan fingerprint density at radius 2 is 0.508 bits per heavy atom. The summed E-state index contributed by atoms with van der Waals surface area (Å²) in [5, 5.41) is 51.3.